The maximum atomic E-state index is 13.0. The molecule has 1 amide bonds. The fraction of sp³-hybridized carbons (Fsp3) is 0.571. The number of carbonyl (C=O) groups excluding carboxylic acids is 1. The topological polar surface area (TPSA) is 62.2 Å². The lowest BCUT2D eigenvalue weighted by Gasteiger charge is -2.39. The molecule has 0 aromatic carbocycles. The van der Waals surface area contributed by atoms with Crippen molar-refractivity contribution in [3.63, 3.8) is 0 Å². The van der Waals surface area contributed by atoms with Gasteiger partial charge in [-0.1, -0.05) is 25.8 Å². The van der Waals surface area contributed by atoms with E-state index < -0.39 is 17.4 Å². The average Bonchev–Trinajstić information content (AvgIpc) is 2.38. The van der Waals surface area contributed by atoms with Crippen molar-refractivity contribution in [2.75, 3.05) is 6.61 Å². The van der Waals surface area contributed by atoms with Crippen LogP contribution in [0.2, 0.25) is 0 Å². The summed E-state index contributed by atoms with van der Waals surface area (Å²) in [5, 5.41) is 12.4. The van der Waals surface area contributed by atoms with Crippen LogP contribution in [0.1, 0.15) is 43.1 Å². The van der Waals surface area contributed by atoms with E-state index in [0.717, 1.165) is 25.7 Å². The van der Waals surface area contributed by atoms with Gasteiger partial charge in [0.1, 0.15) is 5.69 Å². The van der Waals surface area contributed by atoms with Gasteiger partial charge < -0.3 is 10.4 Å². The van der Waals surface area contributed by atoms with E-state index in [1.165, 1.54) is 18.2 Å². The summed E-state index contributed by atoms with van der Waals surface area (Å²) < 4.78 is 13.0. The first-order valence-electron chi connectivity index (χ1n) is 6.61. The molecule has 0 radical (unpaired) electrons. The van der Waals surface area contributed by atoms with Crippen LogP contribution in [0.15, 0.2) is 18.2 Å². The van der Waals surface area contributed by atoms with Crippen LogP contribution in [-0.4, -0.2) is 28.1 Å². The van der Waals surface area contributed by atoms with Crippen molar-refractivity contribution >= 4 is 5.91 Å². The molecule has 0 spiro atoms. The number of aliphatic hydroxyl groups excluding tert-OH is 1. The van der Waals surface area contributed by atoms with Crippen LogP contribution in [0.5, 0.6) is 0 Å². The van der Waals surface area contributed by atoms with Crippen LogP contribution in [0, 0.1) is 11.9 Å². The minimum atomic E-state index is -0.678. The molecule has 0 bridgehead atoms. The highest BCUT2D eigenvalue weighted by molar-refractivity contribution is 5.92. The maximum absolute atomic E-state index is 13.0. The van der Waals surface area contributed by atoms with Gasteiger partial charge in [0.25, 0.3) is 5.91 Å². The summed E-state index contributed by atoms with van der Waals surface area (Å²) in [5.41, 5.74) is -0.547. The van der Waals surface area contributed by atoms with Crippen molar-refractivity contribution in [2.45, 2.75) is 38.1 Å². The summed E-state index contributed by atoms with van der Waals surface area (Å²) >= 11 is 0. The molecule has 1 aromatic heterocycles. The first-order valence-corrected chi connectivity index (χ1v) is 6.61. The lowest BCUT2D eigenvalue weighted by atomic mass is 9.77. The molecule has 2 unspecified atom stereocenters. The zero-order valence-electron chi connectivity index (χ0n) is 11.0. The molecule has 4 nitrogen and oxygen atoms in total. The minimum absolute atomic E-state index is 0.0473. The highest BCUT2D eigenvalue weighted by Gasteiger charge is 2.36. The number of aliphatic hydroxyl groups is 1. The van der Waals surface area contributed by atoms with E-state index >= 15 is 0 Å². The molecule has 1 fully saturated rings. The summed E-state index contributed by atoms with van der Waals surface area (Å²) in [5.74, 6) is -0.646. The molecular weight excluding hydrogens is 247 g/mol. The molecule has 1 aliphatic rings. The van der Waals surface area contributed by atoms with Gasteiger partial charge in [0.2, 0.25) is 5.95 Å². The van der Waals surface area contributed by atoms with Crippen LogP contribution in [0.25, 0.3) is 0 Å². The maximum Gasteiger partial charge on any atom is 0.270 e. The highest BCUT2D eigenvalue weighted by Crippen LogP contribution is 2.32. The fourth-order valence-electron chi connectivity index (χ4n) is 2.80. The number of halogens is 1. The zero-order chi connectivity index (χ0) is 13.9. The van der Waals surface area contributed by atoms with Crippen molar-refractivity contribution in [2.24, 2.45) is 5.92 Å². The molecule has 0 aliphatic heterocycles. The number of hydrogen-bond donors (Lipinski definition) is 2. The average molecular weight is 266 g/mol. The molecule has 2 rings (SSSR count). The number of pyridine rings is 1. The molecule has 0 saturated heterocycles. The number of carbonyl (C=O) groups is 1. The Morgan fingerprint density at radius 1 is 1.63 bits per heavy atom. The Balaban J connectivity index is 2.12. The molecular formula is C14H19FN2O2. The quantitative estimate of drug-likeness (QED) is 0.821. The number of amides is 1. The molecule has 1 aliphatic carbocycles. The molecule has 1 heterocycles. The van der Waals surface area contributed by atoms with E-state index in [1.807, 2.05) is 0 Å². The normalized spacial score (nSPS) is 27.0. The lowest BCUT2D eigenvalue weighted by molar-refractivity contribution is 0.0692. The van der Waals surface area contributed by atoms with Crippen molar-refractivity contribution in [3.05, 3.63) is 29.8 Å². The van der Waals surface area contributed by atoms with Crippen LogP contribution < -0.4 is 5.32 Å². The molecule has 2 N–H and O–H groups in total. The Hall–Kier alpha value is -1.49. The third kappa shape index (κ3) is 3.29. The summed E-state index contributed by atoms with van der Waals surface area (Å²) in [6.45, 7) is 2.01. The third-order valence-electron chi connectivity index (χ3n) is 3.72. The molecule has 2 atom stereocenters. The van der Waals surface area contributed by atoms with E-state index in [0.29, 0.717) is 5.92 Å². The lowest BCUT2D eigenvalue weighted by Crippen LogP contribution is -2.54. The van der Waals surface area contributed by atoms with Crippen molar-refractivity contribution in [1.29, 1.82) is 0 Å². The van der Waals surface area contributed by atoms with E-state index in [4.69, 9.17) is 0 Å². The van der Waals surface area contributed by atoms with Crippen LogP contribution >= 0.6 is 0 Å². The largest absolute Gasteiger partial charge is 0.394 e. The Morgan fingerprint density at radius 3 is 3.05 bits per heavy atom. The number of hydrogen-bond acceptors (Lipinski definition) is 3. The second-order valence-corrected chi connectivity index (χ2v) is 5.44. The smallest absolute Gasteiger partial charge is 0.270 e. The predicted molar refractivity (Wildman–Crippen MR) is 69.1 cm³/mol. The number of aromatic nitrogens is 1. The number of nitrogens with one attached hydrogen (secondary N) is 1. The summed E-state index contributed by atoms with van der Waals surface area (Å²) in [7, 11) is 0. The first kappa shape index (κ1) is 13.9. The standard InChI is InChI=1S/C14H19FN2O2/c1-10-4-3-7-14(8-10,9-18)17-13(19)11-5-2-6-12(15)16-11/h2,5-6,10,18H,3-4,7-9H2,1H3,(H,17,19). The first-order chi connectivity index (χ1) is 9.04. The Labute approximate surface area is 112 Å². The van der Waals surface area contributed by atoms with Crippen LogP contribution in [0.3, 0.4) is 0 Å². The van der Waals surface area contributed by atoms with E-state index in [2.05, 4.69) is 17.2 Å². The second kappa shape index (κ2) is 5.65. The summed E-state index contributed by atoms with van der Waals surface area (Å²) in [6, 6.07) is 4.11. The molecule has 104 valence electrons. The van der Waals surface area contributed by atoms with Crippen molar-refractivity contribution in [3.8, 4) is 0 Å². The van der Waals surface area contributed by atoms with E-state index in [1.54, 1.807) is 0 Å². The molecule has 1 aromatic rings. The summed E-state index contributed by atoms with van der Waals surface area (Å²) in [6.07, 6.45) is 3.56. The fourth-order valence-corrected chi connectivity index (χ4v) is 2.80. The van der Waals surface area contributed by atoms with Crippen molar-refractivity contribution < 1.29 is 14.3 Å². The van der Waals surface area contributed by atoms with Crippen LogP contribution in [0.4, 0.5) is 4.39 Å². The second-order valence-electron chi connectivity index (χ2n) is 5.44. The Kier molecular flexibility index (Phi) is 4.14. The minimum Gasteiger partial charge on any atom is -0.394 e. The van der Waals surface area contributed by atoms with Gasteiger partial charge in [0.05, 0.1) is 12.1 Å². The molecule has 1 saturated carbocycles. The van der Waals surface area contributed by atoms with Gasteiger partial charge in [-0.05, 0) is 30.9 Å². The molecule has 19 heavy (non-hydrogen) atoms. The monoisotopic (exact) mass is 266 g/mol. The van der Waals surface area contributed by atoms with Gasteiger partial charge in [-0.3, -0.25) is 4.79 Å². The van der Waals surface area contributed by atoms with E-state index in [9.17, 15) is 14.3 Å². The Bertz CT molecular complexity index is 467. The van der Waals surface area contributed by atoms with Gasteiger partial charge in [-0.15, -0.1) is 0 Å². The SMILES string of the molecule is CC1CCCC(CO)(NC(=O)c2cccc(F)n2)C1. The van der Waals surface area contributed by atoms with Gasteiger partial charge in [-0.25, -0.2) is 4.98 Å². The number of rotatable bonds is 3. The van der Waals surface area contributed by atoms with Gasteiger partial charge in [0, 0.05) is 0 Å². The zero-order valence-corrected chi connectivity index (χ0v) is 11.0. The van der Waals surface area contributed by atoms with Gasteiger partial charge in [-0.2, -0.15) is 4.39 Å². The number of nitrogens with zero attached hydrogens (tertiary/aromatic N) is 1. The Morgan fingerprint density at radius 2 is 2.42 bits per heavy atom. The van der Waals surface area contributed by atoms with Crippen LogP contribution in [-0.2, 0) is 0 Å². The van der Waals surface area contributed by atoms with Gasteiger partial charge >= 0.3 is 0 Å². The van der Waals surface area contributed by atoms with E-state index in [-0.39, 0.29) is 12.3 Å². The van der Waals surface area contributed by atoms with Crippen molar-refractivity contribution in [1.82, 2.24) is 10.3 Å². The summed E-state index contributed by atoms with van der Waals surface area (Å²) in [4.78, 5) is 15.6. The third-order valence-corrected chi connectivity index (χ3v) is 3.72. The predicted octanol–water partition coefficient (Wildman–Crippen LogP) is 1.89. The molecule has 5 heteroatoms. The van der Waals surface area contributed by atoms with Gasteiger partial charge in [0.15, 0.2) is 0 Å². The highest BCUT2D eigenvalue weighted by atomic mass is 19.1.